The van der Waals surface area contributed by atoms with Crippen LogP contribution in [0, 0.1) is 5.92 Å². The van der Waals surface area contributed by atoms with Crippen LogP contribution in [0.25, 0.3) is 0 Å². The number of nitrogens with zero attached hydrogens (tertiary/aromatic N) is 1. The van der Waals surface area contributed by atoms with Crippen molar-refractivity contribution in [2.45, 2.75) is 32.8 Å². The quantitative estimate of drug-likeness (QED) is 0.687. The highest BCUT2D eigenvalue weighted by Crippen LogP contribution is 2.19. The Morgan fingerprint density at radius 1 is 1.50 bits per heavy atom. The van der Waals surface area contributed by atoms with E-state index in [0.717, 1.165) is 6.42 Å². The van der Waals surface area contributed by atoms with Gasteiger partial charge in [0.25, 0.3) is 6.47 Å². The van der Waals surface area contributed by atoms with E-state index in [1.807, 2.05) is 20.8 Å². The van der Waals surface area contributed by atoms with E-state index in [1.54, 1.807) is 4.90 Å². The maximum atomic E-state index is 11.7. The summed E-state index contributed by atoms with van der Waals surface area (Å²) in [5.41, 5.74) is -0.464. The van der Waals surface area contributed by atoms with Crippen molar-refractivity contribution in [2.24, 2.45) is 5.92 Å². The zero-order valence-electron chi connectivity index (χ0n) is 10.1. The molecule has 1 unspecified atom stereocenters. The van der Waals surface area contributed by atoms with Gasteiger partial charge in [-0.3, -0.25) is 4.79 Å². The van der Waals surface area contributed by atoms with Gasteiger partial charge in [0.1, 0.15) is 5.60 Å². The molecule has 0 aliphatic carbocycles. The van der Waals surface area contributed by atoms with Gasteiger partial charge >= 0.3 is 6.09 Å². The molecule has 1 amide bonds. The van der Waals surface area contributed by atoms with Crippen molar-refractivity contribution >= 4 is 12.6 Å². The molecular weight excluding hydrogens is 210 g/mol. The van der Waals surface area contributed by atoms with Crippen molar-refractivity contribution in [1.82, 2.24) is 4.90 Å². The van der Waals surface area contributed by atoms with Crippen molar-refractivity contribution < 1.29 is 19.1 Å². The number of carbonyl (C=O) groups excluding carboxylic acids is 2. The van der Waals surface area contributed by atoms with Gasteiger partial charge in [-0.15, -0.1) is 0 Å². The summed E-state index contributed by atoms with van der Waals surface area (Å²) in [5, 5.41) is 0. The number of hydrogen-bond acceptors (Lipinski definition) is 4. The van der Waals surface area contributed by atoms with Crippen LogP contribution >= 0.6 is 0 Å². The lowest BCUT2D eigenvalue weighted by molar-refractivity contribution is -0.129. The van der Waals surface area contributed by atoms with Gasteiger partial charge < -0.3 is 14.4 Å². The maximum Gasteiger partial charge on any atom is 0.410 e. The number of hydrogen-bond donors (Lipinski definition) is 0. The third kappa shape index (κ3) is 4.08. The van der Waals surface area contributed by atoms with E-state index < -0.39 is 5.60 Å². The second kappa shape index (κ2) is 5.18. The lowest BCUT2D eigenvalue weighted by atomic mass is 10.1. The Balaban J connectivity index is 2.35. The van der Waals surface area contributed by atoms with E-state index in [9.17, 15) is 9.59 Å². The summed E-state index contributed by atoms with van der Waals surface area (Å²) in [6, 6.07) is 0. The van der Waals surface area contributed by atoms with Crippen molar-refractivity contribution in [2.75, 3.05) is 19.7 Å². The van der Waals surface area contributed by atoms with E-state index in [4.69, 9.17) is 4.74 Å². The molecule has 1 fully saturated rings. The SMILES string of the molecule is CC(C)(C)OC(=O)N1CCC(COC=O)C1. The van der Waals surface area contributed by atoms with E-state index in [2.05, 4.69) is 4.74 Å². The molecule has 1 heterocycles. The minimum Gasteiger partial charge on any atom is -0.468 e. The monoisotopic (exact) mass is 229 g/mol. The van der Waals surface area contributed by atoms with Crippen molar-refractivity contribution in [3.63, 3.8) is 0 Å². The molecule has 0 saturated carbocycles. The lowest BCUT2D eigenvalue weighted by Gasteiger charge is -2.24. The first-order chi connectivity index (χ1) is 7.42. The van der Waals surface area contributed by atoms with Gasteiger partial charge in [-0.05, 0) is 27.2 Å². The molecule has 1 atom stereocenters. The zero-order valence-corrected chi connectivity index (χ0v) is 10.1. The van der Waals surface area contributed by atoms with Crippen LogP contribution in [0.4, 0.5) is 4.79 Å². The molecule has 0 spiro atoms. The summed E-state index contributed by atoms with van der Waals surface area (Å²) in [7, 11) is 0. The normalized spacial score (nSPS) is 20.7. The van der Waals surface area contributed by atoms with Gasteiger partial charge in [0.05, 0.1) is 6.61 Å². The smallest absolute Gasteiger partial charge is 0.410 e. The Kier molecular flexibility index (Phi) is 4.15. The maximum absolute atomic E-state index is 11.7. The van der Waals surface area contributed by atoms with Gasteiger partial charge in [0, 0.05) is 19.0 Å². The van der Waals surface area contributed by atoms with Gasteiger partial charge in [-0.1, -0.05) is 0 Å². The van der Waals surface area contributed by atoms with Gasteiger partial charge in [-0.2, -0.15) is 0 Å². The average molecular weight is 229 g/mol. The fourth-order valence-corrected chi connectivity index (χ4v) is 1.64. The first-order valence-electron chi connectivity index (χ1n) is 5.45. The molecule has 0 radical (unpaired) electrons. The molecule has 1 aliphatic rings. The number of carbonyl (C=O) groups is 2. The largest absolute Gasteiger partial charge is 0.468 e. The Morgan fingerprint density at radius 3 is 2.75 bits per heavy atom. The summed E-state index contributed by atoms with van der Waals surface area (Å²) in [4.78, 5) is 23.4. The first-order valence-corrected chi connectivity index (χ1v) is 5.45. The van der Waals surface area contributed by atoms with E-state index in [0.29, 0.717) is 26.2 Å². The third-order valence-corrected chi connectivity index (χ3v) is 2.34. The molecule has 92 valence electrons. The van der Waals surface area contributed by atoms with Crippen LogP contribution in [0.3, 0.4) is 0 Å². The molecule has 1 aliphatic heterocycles. The van der Waals surface area contributed by atoms with Crippen molar-refractivity contribution in [3.05, 3.63) is 0 Å². The Hall–Kier alpha value is -1.26. The summed E-state index contributed by atoms with van der Waals surface area (Å²) >= 11 is 0. The third-order valence-electron chi connectivity index (χ3n) is 2.34. The van der Waals surface area contributed by atoms with E-state index >= 15 is 0 Å². The second-order valence-electron chi connectivity index (χ2n) is 5.01. The Labute approximate surface area is 95.7 Å². The predicted octanol–water partition coefficient (Wildman–Crippen LogP) is 1.42. The highest BCUT2D eigenvalue weighted by Gasteiger charge is 2.29. The molecule has 0 bridgehead atoms. The molecule has 1 saturated heterocycles. The van der Waals surface area contributed by atoms with Crippen LogP contribution in [-0.4, -0.2) is 42.8 Å². The Bertz CT molecular complexity index is 259. The van der Waals surface area contributed by atoms with Crippen molar-refractivity contribution in [1.29, 1.82) is 0 Å². The highest BCUT2D eigenvalue weighted by molar-refractivity contribution is 5.68. The molecule has 0 aromatic carbocycles. The summed E-state index contributed by atoms with van der Waals surface area (Å²) in [6.45, 7) is 7.61. The highest BCUT2D eigenvalue weighted by atomic mass is 16.6. The van der Waals surface area contributed by atoms with Crippen molar-refractivity contribution in [3.8, 4) is 0 Å². The number of likely N-dealkylation sites (tertiary alicyclic amines) is 1. The molecule has 0 aromatic heterocycles. The zero-order chi connectivity index (χ0) is 12.2. The topological polar surface area (TPSA) is 55.8 Å². The number of rotatable bonds is 3. The number of amides is 1. The Morgan fingerprint density at radius 2 is 2.19 bits per heavy atom. The van der Waals surface area contributed by atoms with Crippen LogP contribution in [0.2, 0.25) is 0 Å². The average Bonchev–Trinajstić information content (AvgIpc) is 2.60. The van der Waals surface area contributed by atoms with Crippen LogP contribution in [0.5, 0.6) is 0 Å². The minimum atomic E-state index is -0.464. The number of ether oxygens (including phenoxy) is 2. The van der Waals surface area contributed by atoms with Crippen LogP contribution in [-0.2, 0) is 14.3 Å². The first kappa shape index (κ1) is 12.8. The van der Waals surface area contributed by atoms with Crippen LogP contribution in [0.1, 0.15) is 27.2 Å². The van der Waals surface area contributed by atoms with Gasteiger partial charge in [-0.25, -0.2) is 4.79 Å². The molecule has 1 rings (SSSR count). The van der Waals surface area contributed by atoms with Crippen LogP contribution in [0.15, 0.2) is 0 Å². The molecular formula is C11H19NO4. The fourth-order valence-electron chi connectivity index (χ4n) is 1.64. The van der Waals surface area contributed by atoms with E-state index in [1.165, 1.54) is 0 Å². The predicted molar refractivity (Wildman–Crippen MR) is 57.9 cm³/mol. The standard InChI is InChI=1S/C11H19NO4/c1-11(2,3)16-10(14)12-5-4-9(6-12)7-15-8-13/h8-9H,4-7H2,1-3H3. The molecule has 16 heavy (non-hydrogen) atoms. The minimum absolute atomic E-state index is 0.234. The molecule has 5 nitrogen and oxygen atoms in total. The molecule has 5 heteroatoms. The lowest BCUT2D eigenvalue weighted by Crippen LogP contribution is -2.35. The van der Waals surface area contributed by atoms with Gasteiger partial charge in [0.15, 0.2) is 0 Å². The summed E-state index contributed by atoms with van der Waals surface area (Å²) in [5.74, 6) is 0.234. The second-order valence-corrected chi connectivity index (χ2v) is 5.01. The molecule has 0 N–H and O–H groups in total. The van der Waals surface area contributed by atoms with E-state index in [-0.39, 0.29) is 12.0 Å². The van der Waals surface area contributed by atoms with Gasteiger partial charge in [0.2, 0.25) is 0 Å². The van der Waals surface area contributed by atoms with Crippen LogP contribution < -0.4 is 0 Å². The summed E-state index contributed by atoms with van der Waals surface area (Å²) in [6.07, 6.45) is 0.564. The fraction of sp³-hybridized carbons (Fsp3) is 0.818. The summed E-state index contributed by atoms with van der Waals surface area (Å²) < 4.78 is 9.94. The molecule has 0 aromatic rings.